The van der Waals surface area contributed by atoms with E-state index < -0.39 is 33.9 Å². The molecule has 0 aromatic carbocycles. The van der Waals surface area contributed by atoms with Crippen LogP contribution in [-0.2, 0) is 14.3 Å². The molecule has 4 aliphatic carbocycles. The van der Waals surface area contributed by atoms with E-state index in [-0.39, 0.29) is 35.9 Å². The molecule has 6 nitrogen and oxygen atoms in total. The SMILES string of the molecule is C[C@H]1C[C@@H]2[C@H]([C@@H](O)C[C@@]3(C)[C@H]2CC[C@]3(O)C2(C)OCCO2)[C@@]2(C)CCC(=O)C[C@@]12O. The number of Topliss-reactive ketones (excluding diaryl/α,β-unsaturated/α-hetero) is 1. The molecule has 0 unspecified atom stereocenters. The van der Waals surface area contributed by atoms with Gasteiger partial charge in [0.1, 0.15) is 11.4 Å². The minimum absolute atomic E-state index is 0.0224. The summed E-state index contributed by atoms with van der Waals surface area (Å²) >= 11 is 0. The monoisotopic (exact) mass is 422 g/mol. The van der Waals surface area contributed by atoms with Gasteiger partial charge in [-0.1, -0.05) is 20.8 Å². The first-order valence-electron chi connectivity index (χ1n) is 11.8. The number of hydrogen-bond acceptors (Lipinski definition) is 6. The summed E-state index contributed by atoms with van der Waals surface area (Å²) in [7, 11) is 0. The Morgan fingerprint density at radius 2 is 1.70 bits per heavy atom. The first kappa shape index (κ1) is 21.3. The van der Waals surface area contributed by atoms with E-state index in [4.69, 9.17) is 9.47 Å². The number of carbonyl (C=O) groups is 1. The number of aliphatic hydroxyl groups excluding tert-OH is 1. The molecule has 4 saturated carbocycles. The van der Waals surface area contributed by atoms with Gasteiger partial charge >= 0.3 is 0 Å². The normalized spacial score (nSPS) is 57.6. The van der Waals surface area contributed by atoms with E-state index >= 15 is 0 Å². The van der Waals surface area contributed by atoms with Gasteiger partial charge in [-0.25, -0.2) is 0 Å². The van der Waals surface area contributed by atoms with Crippen molar-refractivity contribution in [3.63, 3.8) is 0 Å². The maximum Gasteiger partial charge on any atom is 0.195 e. The largest absolute Gasteiger partial charge is 0.393 e. The van der Waals surface area contributed by atoms with Gasteiger partial charge in [0.2, 0.25) is 0 Å². The van der Waals surface area contributed by atoms with Crippen molar-refractivity contribution in [2.75, 3.05) is 13.2 Å². The Morgan fingerprint density at radius 3 is 2.37 bits per heavy atom. The predicted molar refractivity (Wildman–Crippen MR) is 109 cm³/mol. The second kappa shape index (κ2) is 6.28. The van der Waals surface area contributed by atoms with Crippen LogP contribution in [0.1, 0.15) is 72.6 Å². The number of rotatable bonds is 1. The van der Waals surface area contributed by atoms with Gasteiger partial charge in [0.25, 0.3) is 0 Å². The highest BCUT2D eigenvalue weighted by Gasteiger charge is 2.74. The van der Waals surface area contributed by atoms with E-state index in [0.29, 0.717) is 38.9 Å². The zero-order chi connectivity index (χ0) is 21.7. The van der Waals surface area contributed by atoms with Gasteiger partial charge in [-0.15, -0.1) is 0 Å². The Balaban J connectivity index is 1.55. The van der Waals surface area contributed by atoms with Gasteiger partial charge in [-0.2, -0.15) is 0 Å². The first-order chi connectivity index (χ1) is 13.9. The summed E-state index contributed by atoms with van der Waals surface area (Å²) < 4.78 is 11.9. The number of aliphatic hydroxyl groups is 3. The topological polar surface area (TPSA) is 96.2 Å². The van der Waals surface area contributed by atoms with Gasteiger partial charge < -0.3 is 24.8 Å². The maximum atomic E-state index is 12.3. The lowest BCUT2D eigenvalue weighted by molar-refractivity contribution is -0.314. The van der Waals surface area contributed by atoms with Gasteiger partial charge in [-0.05, 0) is 62.7 Å². The van der Waals surface area contributed by atoms with E-state index in [9.17, 15) is 20.1 Å². The lowest BCUT2D eigenvalue weighted by Gasteiger charge is -2.67. The van der Waals surface area contributed by atoms with Crippen molar-refractivity contribution < 1.29 is 29.6 Å². The molecule has 5 aliphatic rings. The molecule has 5 fully saturated rings. The van der Waals surface area contributed by atoms with Crippen LogP contribution in [0.15, 0.2) is 0 Å². The van der Waals surface area contributed by atoms with Gasteiger partial charge in [0, 0.05) is 23.7 Å². The second-order valence-corrected chi connectivity index (χ2v) is 11.7. The number of ether oxygens (including phenoxy) is 2. The summed E-state index contributed by atoms with van der Waals surface area (Å²) in [6.07, 6.45) is 3.37. The van der Waals surface area contributed by atoms with Crippen LogP contribution in [0.4, 0.5) is 0 Å². The van der Waals surface area contributed by atoms with E-state index in [1.165, 1.54) is 0 Å². The summed E-state index contributed by atoms with van der Waals surface area (Å²) in [5.41, 5.74) is -3.23. The molecule has 30 heavy (non-hydrogen) atoms. The van der Waals surface area contributed by atoms with Crippen molar-refractivity contribution in [1.82, 2.24) is 0 Å². The van der Waals surface area contributed by atoms with Crippen molar-refractivity contribution >= 4 is 5.78 Å². The smallest absolute Gasteiger partial charge is 0.195 e. The Labute approximate surface area is 179 Å². The third kappa shape index (κ3) is 2.30. The Bertz CT molecular complexity index is 748. The lowest BCUT2D eigenvalue weighted by atomic mass is 9.40. The van der Waals surface area contributed by atoms with Crippen LogP contribution in [0, 0.1) is 34.5 Å². The van der Waals surface area contributed by atoms with E-state index in [2.05, 4.69) is 20.8 Å². The molecule has 1 saturated heterocycles. The molecule has 9 atom stereocenters. The molecule has 0 radical (unpaired) electrons. The molecule has 5 rings (SSSR count). The summed E-state index contributed by atoms with van der Waals surface area (Å²) in [4.78, 5) is 12.3. The molecule has 0 spiro atoms. The van der Waals surface area contributed by atoms with Crippen LogP contribution in [0.25, 0.3) is 0 Å². The zero-order valence-electron chi connectivity index (χ0n) is 18.8. The van der Waals surface area contributed by atoms with Crippen LogP contribution >= 0.6 is 0 Å². The molecule has 0 aromatic rings. The van der Waals surface area contributed by atoms with Crippen molar-refractivity contribution in [3.8, 4) is 0 Å². The van der Waals surface area contributed by atoms with E-state index in [0.717, 1.165) is 12.8 Å². The Hall–Kier alpha value is -0.530. The molecule has 1 aliphatic heterocycles. The minimum atomic E-state index is -1.16. The first-order valence-corrected chi connectivity index (χ1v) is 11.8. The lowest BCUT2D eigenvalue weighted by Crippen LogP contribution is -2.71. The summed E-state index contributed by atoms with van der Waals surface area (Å²) in [5, 5.41) is 35.3. The van der Waals surface area contributed by atoms with Gasteiger partial charge in [0.05, 0.1) is 24.9 Å². The number of hydrogen-bond donors (Lipinski definition) is 3. The zero-order valence-corrected chi connectivity index (χ0v) is 18.8. The average Bonchev–Trinajstić information content (AvgIpc) is 3.21. The minimum Gasteiger partial charge on any atom is -0.393 e. The molecular formula is C24H38O6. The van der Waals surface area contributed by atoms with Gasteiger partial charge in [0.15, 0.2) is 5.79 Å². The van der Waals surface area contributed by atoms with Crippen LogP contribution in [0.2, 0.25) is 0 Å². The fourth-order valence-corrected chi connectivity index (χ4v) is 9.09. The molecule has 3 N–H and O–H groups in total. The predicted octanol–water partition coefficient (Wildman–Crippen LogP) is 2.42. The summed E-state index contributed by atoms with van der Waals surface area (Å²) in [6.45, 7) is 9.08. The highest BCUT2D eigenvalue weighted by Crippen LogP contribution is 2.71. The third-order valence-corrected chi connectivity index (χ3v) is 10.8. The highest BCUT2D eigenvalue weighted by atomic mass is 16.7. The fourth-order valence-electron chi connectivity index (χ4n) is 9.09. The number of ketones is 1. The fraction of sp³-hybridized carbons (Fsp3) is 0.958. The standard InChI is InChI=1S/C24H38O6/c1-14-11-16-17-6-8-24(28,22(4)29-9-10-30-22)21(17,3)13-18(26)19(16)20(2)7-5-15(25)12-23(14,20)27/h14,16-19,26-28H,5-13H2,1-4H3/t14-,16-,17-,18-,19+,20+,21-,23+,24+/m0/s1. The molecular weight excluding hydrogens is 384 g/mol. The molecule has 0 aromatic heterocycles. The van der Waals surface area contributed by atoms with Crippen LogP contribution < -0.4 is 0 Å². The maximum absolute atomic E-state index is 12.3. The van der Waals surface area contributed by atoms with Crippen molar-refractivity contribution in [2.45, 2.75) is 95.7 Å². The molecule has 0 amide bonds. The van der Waals surface area contributed by atoms with Crippen molar-refractivity contribution in [1.29, 1.82) is 0 Å². The molecule has 0 bridgehead atoms. The molecule has 1 heterocycles. The highest BCUT2D eigenvalue weighted by molar-refractivity contribution is 5.81. The quantitative estimate of drug-likeness (QED) is 0.601. The molecule has 6 heteroatoms. The average molecular weight is 423 g/mol. The second-order valence-electron chi connectivity index (χ2n) is 11.7. The van der Waals surface area contributed by atoms with Crippen molar-refractivity contribution in [3.05, 3.63) is 0 Å². The Kier molecular flexibility index (Phi) is 4.47. The third-order valence-electron chi connectivity index (χ3n) is 10.8. The van der Waals surface area contributed by atoms with Gasteiger partial charge in [-0.3, -0.25) is 4.79 Å². The summed E-state index contributed by atoms with van der Waals surface area (Å²) in [5.74, 6) is -0.579. The number of carbonyl (C=O) groups excluding carboxylic acids is 1. The van der Waals surface area contributed by atoms with Crippen LogP contribution in [0.5, 0.6) is 0 Å². The van der Waals surface area contributed by atoms with E-state index in [1.807, 2.05) is 6.92 Å². The van der Waals surface area contributed by atoms with Crippen molar-refractivity contribution in [2.24, 2.45) is 34.5 Å². The van der Waals surface area contributed by atoms with Crippen LogP contribution in [0.3, 0.4) is 0 Å². The van der Waals surface area contributed by atoms with E-state index in [1.54, 1.807) is 0 Å². The Morgan fingerprint density at radius 1 is 1.03 bits per heavy atom. The molecule has 170 valence electrons. The van der Waals surface area contributed by atoms with Crippen LogP contribution in [-0.4, -0.2) is 57.4 Å². The number of fused-ring (bicyclic) bond motifs is 5. The summed E-state index contributed by atoms with van der Waals surface area (Å²) in [6, 6.07) is 0.